The highest BCUT2D eigenvalue weighted by molar-refractivity contribution is 6.03. The molecule has 2 fully saturated rings. The maximum absolute atomic E-state index is 13.6. The van der Waals surface area contributed by atoms with E-state index in [1.165, 1.54) is 6.20 Å². The largest absolute Gasteiger partial charge is 0.490 e. The van der Waals surface area contributed by atoms with Crippen molar-refractivity contribution >= 4 is 22.6 Å². The first kappa shape index (κ1) is 26.6. The molecule has 1 aliphatic heterocycles. The van der Waals surface area contributed by atoms with Crippen LogP contribution >= 0.6 is 0 Å². The molecular weight excluding hydrogens is 488 g/mol. The molecule has 9 nitrogen and oxygen atoms in total. The lowest BCUT2D eigenvalue weighted by molar-refractivity contribution is -0.261. The number of aromatic nitrogens is 1. The van der Waals surface area contributed by atoms with E-state index in [-0.39, 0.29) is 35.8 Å². The minimum Gasteiger partial charge on any atom is -0.490 e. The van der Waals surface area contributed by atoms with Gasteiger partial charge in [-0.3, -0.25) is 9.59 Å². The van der Waals surface area contributed by atoms with Gasteiger partial charge in [0.05, 0.1) is 23.3 Å². The number of fused-ring (bicyclic) bond motifs is 1. The zero-order valence-corrected chi connectivity index (χ0v) is 21.0. The number of hydrogen-bond donors (Lipinski definition) is 2. The molecule has 4 rings (SSSR count). The Balaban J connectivity index is 1.69. The third-order valence-electron chi connectivity index (χ3n) is 6.44. The molecule has 2 aliphatic rings. The van der Waals surface area contributed by atoms with Gasteiger partial charge < -0.3 is 30.0 Å². The Labute approximate surface area is 213 Å². The molecule has 11 heteroatoms. The molecule has 1 saturated carbocycles. The number of nitrogens with one attached hydrogen (secondary N) is 1. The van der Waals surface area contributed by atoms with Crippen molar-refractivity contribution in [1.29, 1.82) is 0 Å². The van der Waals surface area contributed by atoms with Crippen LogP contribution < -0.4 is 20.5 Å². The number of rotatable bonds is 8. The van der Waals surface area contributed by atoms with Gasteiger partial charge in [0.1, 0.15) is 12.4 Å². The Morgan fingerprint density at radius 3 is 2.49 bits per heavy atom. The highest BCUT2D eigenvalue weighted by Gasteiger charge is 2.48. The molecule has 1 aromatic carbocycles. The Morgan fingerprint density at radius 1 is 1.22 bits per heavy atom. The first-order valence-corrected chi connectivity index (χ1v) is 11.8. The van der Waals surface area contributed by atoms with Crippen molar-refractivity contribution in [2.75, 3.05) is 20.8 Å². The number of ether oxygens (including phenoxy) is 4. The van der Waals surface area contributed by atoms with E-state index in [1.54, 1.807) is 40.2 Å². The number of nitrogens with two attached hydrogens (primary N) is 1. The van der Waals surface area contributed by atoms with E-state index < -0.39 is 36.0 Å². The first-order valence-electron chi connectivity index (χ1n) is 11.8. The molecular formula is C26H29F2N3O6. The zero-order chi connectivity index (χ0) is 27.0. The molecule has 2 amide bonds. The zero-order valence-electron chi connectivity index (χ0n) is 21.0. The van der Waals surface area contributed by atoms with Crippen LogP contribution in [0.2, 0.25) is 0 Å². The summed E-state index contributed by atoms with van der Waals surface area (Å²) < 4.78 is 49.6. The second kappa shape index (κ2) is 10.1. The molecule has 1 aliphatic carbocycles. The van der Waals surface area contributed by atoms with Crippen molar-refractivity contribution in [3.8, 4) is 23.5 Å². The maximum Gasteiger partial charge on any atom is 0.326 e. The number of halogens is 2. The van der Waals surface area contributed by atoms with Crippen molar-refractivity contribution in [2.24, 2.45) is 11.7 Å². The summed E-state index contributed by atoms with van der Waals surface area (Å²) in [4.78, 5) is 28.0. The van der Waals surface area contributed by atoms with Gasteiger partial charge in [-0.25, -0.2) is 4.98 Å². The lowest BCUT2D eigenvalue weighted by atomic mass is 9.79. The number of benzene rings is 1. The third-order valence-corrected chi connectivity index (χ3v) is 6.44. The maximum atomic E-state index is 13.6. The molecule has 2 aromatic rings. The summed E-state index contributed by atoms with van der Waals surface area (Å²) in [6.45, 7) is 3.38. The molecule has 0 spiro atoms. The van der Waals surface area contributed by atoms with Gasteiger partial charge in [0.2, 0.25) is 5.88 Å². The summed E-state index contributed by atoms with van der Waals surface area (Å²) in [5.41, 5.74) is 6.30. The van der Waals surface area contributed by atoms with Crippen molar-refractivity contribution in [1.82, 2.24) is 10.3 Å². The predicted molar refractivity (Wildman–Crippen MR) is 129 cm³/mol. The number of alkyl halides is 2. The average molecular weight is 518 g/mol. The van der Waals surface area contributed by atoms with Crippen LogP contribution in [0.4, 0.5) is 8.78 Å². The van der Waals surface area contributed by atoms with Crippen molar-refractivity contribution < 1.29 is 37.3 Å². The van der Waals surface area contributed by atoms with E-state index in [2.05, 4.69) is 22.1 Å². The van der Waals surface area contributed by atoms with Crippen LogP contribution in [-0.2, 0) is 14.3 Å². The number of carbonyl (C=O) groups excluding carboxylic acids is 2. The summed E-state index contributed by atoms with van der Waals surface area (Å²) >= 11 is 0. The monoisotopic (exact) mass is 517 g/mol. The highest BCUT2D eigenvalue weighted by atomic mass is 19.3. The number of amides is 2. The van der Waals surface area contributed by atoms with E-state index in [1.807, 2.05) is 0 Å². The Morgan fingerprint density at radius 2 is 1.92 bits per heavy atom. The van der Waals surface area contributed by atoms with Gasteiger partial charge in [-0.15, -0.1) is 0 Å². The molecule has 1 unspecified atom stereocenters. The van der Waals surface area contributed by atoms with Crippen molar-refractivity contribution in [3.05, 3.63) is 29.5 Å². The fourth-order valence-electron chi connectivity index (χ4n) is 4.41. The van der Waals surface area contributed by atoms with Crippen LogP contribution in [0.3, 0.4) is 0 Å². The topological polar surface area (TPSA) is 122 Å². The summed E-state index contributed by atoms with van der Waals surface area (Å²) in [5, 5.41) is 3.22. The highest BCUT2D eigenvalue weighted by Crippen LogP contribution is 2.41. The fourth-order valence-corrected chi connectivity index (χ4v) is 4.41. The standard InChI is InChI=1S/C26H29F2N3O6/c1-14(2)37-21-8-19-18(7-20(21)22(29)32)16(6-5-15-9-25(10-15,34-3)35-4)12-30-23(19)36-13-17-11-26(27,28)24(33)31-17/h7-8,12,14-15,17H,9-11,13H2,1-4H3,(H2,29,32)(H,31,33). The summed E-state index contributed by atoms with van der Waals surface area (Å²) in [7, 11) is 3.17. The van der Waals surface area contributed by atoms with Crippen LogP contribution in [0, 0.1) is 17.8 Å². The lowest BCUT2D eigenvalue weighted by Crippen LogP contribution is -2.46. The molecule has 1 aromatic heterocycles. The van der Waals surface area contributed by atoms with Gasteiger partial charge in [0, 0.05) is 56.4 Å². The Bertz CT molecular complexity index is 1270. The van der Waals surface area contributed by atoms with Crippen LogP contribution in [0.15, 0.2) is 18.3 Å². The number of pyridine rings is 1. The molecule has 1 atom stereocenters. The van der Waals surface area contributed by atoms with Gasteiger partial charge >= 0.3 is 5.92 Å². The molecule has 198 valence electrons. The number of primary amides is 1. The minimum absolute atomic E-state index is 0.0395. The van der Waals surface area contributed by atoms with E-state index in [4.69, 9.17) is 24.7 Å². The van der Waals surface area contributed by atoms with Gasteiger partial charge in [-0.1, -0.05) is 11.8 Å². The predicted octanol–water partition coefficient (Wildman–Crippen LogP) is 2.77. The SMILES string of the molecule is COC1(OC)CC(C#Cc2cnc(OCC3CC(F)(F)C(=O)N3)c3cc(OC(C)C)c(C(N)=O)cc23)C1. The van der Waals surface area contributed by atoms with E-state index in [9.17, 15) is 18.4 Å². The van der Waals surface area contributed by atoms with Gasteiger partial charge in [0.25, 0.3) is 11.8 Å². The van der Waals surface area contributed by atoms with Gasteiger partial charge in [-0.2, -0.15) is 8.78 Å². The Kier molecular flexibility index (Phi) is 7.26. The number of methoxy groups -OCH3 is 2. The molecule has 0 radical (unpaired) electrons. The molecule has 3 N–H and O–H groups in total. The summed E-state index contributed by atoms with van der Waals surface area (Å²) in [5.74, 6) is 0.608. The first-order chi connectivity index (χ1) is 17.5. The van der Waals surface area contributed by atoms with Gasteiger partial charge in [-0.05, 0) is 26.0 Å². The minimum atomic E-state index is -3.44. The molecule has 37 heavy (non-hydrogen) atoms. The summed E-state index contributed by atoms with van der Waals surface area (Å²) in [6, 6.07) is 2.26. The van der Waals surface area contributed by atoms with Gasteiger partial charge in [0.15, 0.2) is 5.79 Å². The molecule has 0 bridgehead atoms. The van der Waals surface area contributed by atoms with Crippen LogP contribution in [-0.4, -0.2) is 61.5 Å². The van der Waals surface area contributed by atoms with E-state index in [0.717, 1.165) is 0 Å². The fraction of sp³-hybridized carbons (Fsp3) is 0.500. The normalized spacial score (nSPS) is 20.2. The van der Waals surface area contributed by atoms with Crippen LogP contribution in [0.5, 0.6) is 11.6 Å². The average Bonchev–Trinajstić information content (AvgIpc) is 3.08. The third kappa shape index (κ3) is 5.45. The lowest BCUT2D eigenvalue weighted by Gasteiger charge is -2.42. The Hall–Kier alpha value is -3.49. The van der Waals surface area contributed by atoms with E-state index in [0.29, 0.717) is 29.2 Å². The quantitative estimate of drug-likeness (QED) is 0.408. The second-order valence-corrected chi connectivity index (χ2v) is 9.49. The van der Waals surface area contributed by atoms with Crippen LogP contribution in [0.1, 0.15) is 49.0 Å². The second-order valence-electron chi connectivity index (χ2n) is 9.49. The molecule has 1 saturated heterocycles. The number of hydrogen-bond acceptors (Lipinski definition) is 7. The van der Waals surface area contributed by atoms with Crippen molar-refractivity contribution in [2.45, 2.75) is 57.0 Å². The van der Waals surface area contributed by atoms with Crippen LogP contribution in [0.25, 0.3) is 10.8 Å². The number of nitrogens with zero attached hydrogens (tertiary/aromatic N) is 1. The summed E-state index contributed by atoms with van der Waals surface area (Å²) in [6.07, 6.45) is 1.77. The number of carbonyl (C=O) groups is 2. The smallest absolute Gasteiger partial charge is 0.326 e. The molecule has 2 heterocycles. The van der Waals surface area contributed by atoms with Crippen molar-refractivity contribution in [3.63, 3.8) is 0 Å². The van der Waals surface area contributed by atoms with E-state index >= 15 is 0 Å².